The topological polar surface area (TPSA) is 83.4 Å². The highest BCUT2D eigenvalue weighted by molar-refractivity contribution is 5.53. The SMILES string of the molecule is COc1ccc(OCC[NH+]2CCN(c3[nH+]cccc3[N+](=O)[O-])CC2)cc1. The maximum absolute atomic E-state index is 11.2. The van der Waals surface area contributed by atoms with Crippen LogP contribution in [0.15, 0.2) is 42.6 Å². The van der Waals surface area contributed by atoms with Gasteiger partial charge in [0, 0.05) is 6.07 Å². The molecule has 0 atom stereocenters. The molecule has 0 radical (unpaired) electrons. The minimum atomic E-state index is -0.340. The number of ether oxygens (including phenoxy) is 2. The van der Waals surface area contributed by atoms with Crippen LogP contribution in [0.25, 0.3) is 0 Å². The third kappa shape index (κ3) is 4.40. The lowest BCUT2D eigenvalue weighted by Gasteiger charge is -2.28. The number of quaternary nitrogens is 1. The normalized spacial score (nSPS) is 14.9. The van der Waals surface area contributed by atoms with Crippen LogP contribution in [0, 0.1) is 10.1 Å². The molecule has 0 amide bonds. The van der Waals surface area contributed by atoms with E-state index in [4.69, 9.17) is 9.47 Å². The van der Waals surface area contributed by atoms with Crippen LogP contribution in [0.4, 0.5) is 11.5 Å². The molecule has 8 nitrogen and oxygen atoms in total. The van der Waals surface area contributed by atoms with E-state index in [1.54, 1.807) is 19.4 Å². The Hall–Kier alpha value is -2.87. The molecule has 1 fully saturated rings. The molecular formula is C18H24N4O4+2. The fourth-order valence-electron chi connectivity index (χ4n) is 3.10. The second kappa shape index (κ2) is 8.48. The molecule has 2 heterocycles. The van der Waals surface area contributed by atoms with E-state index in [1.807, 2.05) is 29.2 Å². The first-order valence-corrected chi connectivity index (χ1v) is 8.68. The number of benzene rings is 1. The van der Waals surface area contributed by atoms with Crippen molar-refractivity contribution in [3.63, 3.8) is 0 Å². The molecule has 8 heteroatoms. The van der Waals surface area contributed by atoms with Gasteiger partial charge in [-0.2, -0.15) is 0 Å². The number of piperazine rings is 1. The number of hydrogen-bond donors (Lipinski definition) is 1. The van der Waals surface area contributed by atoms with Crippen molar-refractivity contribution in [2.45, 2.75) is 0 Å². The molecule has 0 spiro atoms. The van der Waals surface area contributed by atoms with Crippen molar-refractivity contribution in [2.24, 2.45) is 0 Å². The van der Waals surface area contributed by atoms with E-state index in [0.29, 0.717) is 12.4 Å². The van der Waals surface area contributed by atoms with Crippen LogP contribution < -0.4 is 24.3 Å². The van der Waals surface area contributed by atoms with E-state index < -0.39 is 0 Å². The van der Waals surface area contributed by atoms with Crippen molar-refractivity contribution in [1.29, 1.82) is 0 Å². The number of nitrogens with zero attached hydrogens (tertiary/aromatic N) is 2. The smallest absolute Gasteiger partial charge is 0.357 e. The van der Waals surface area contributed by atoms with Gasteiger partial charge in [0.15, 0.2) is 0 Å². The molecule has 1 saturated heterocycles. The Kier molecular flexibility index (Phi) is 5.85. The van der Waals surface area contributed by atoms with E-state index in [0.717, 1.165) is 44.2 Å². The summed E-state index contributed by atoms with van der Waals surface area (Å²) < 4.78 is 10.9. The van der Waals surface area contributed by atoms with Gasteiger partial charge in [-0.25, -0.2) is 9.88 Å². The summed E-state index contributed by atoms with van der Waals surface area (Å²) >= 11 is 0. The molecular weight excluding hydrogens is 336 g/mol. The molecule has 2 N–H and O–H groups in total. The minimum Gasteiger partial charge on any atom is -0.497 e. The fraction of sp³-hybridized carbons (Fsp3) is 0.389. The Labute approximate surface area is 152 Å². The van der Waals surface area contributed by atoms with E-state index in [1.165, 1.54) is 11.0 Å². The predicted octanol–water partition coefficient (Wildman–Crippen LogP) is 0.201. The summed E-state index contributed by atoms with van der Waals surface area (Å²) in [6, 6.07) is 10.7. The number of nitro groups is 1. The van der Waals surface area contributed by atoms with Crippen molar-refractivity contribution in [1.82, 2.24) is 0 Å². The summed E-state index contributed by atoms with van der Waals surface area (Å²) in [7, 11) is 1.64. The first-order valence-electron chi connectivity index (χ1n) is 8.68. The minimum absolute atomic E-state index is 0.124. The van der Waals surface area contributed by atoms with Crippen molar-refractivity contribution in [3.05, 3.63) is 52.7 Å². The van der Waals surface area contributed by atoms with E-state index in [2.05, 4.69) is 4.98 Å². The Morgan fingerprint density at radius 1 is 1.19 bits per heavy atom. The first-order chi connectivity index (χ1) is 12.7. The lowest BCUT2D eigenvalue weighted by Crippen LogP contribution is -3.15. The van der Waals surface area contributed by atoms with Crippen LogP contribution in [-0.2, 0) is 0 Å². The maximum Gasteiger partial charge on any atom is 0.357 e. The van der Waals surface area contributed by atoms with Gasteiger partial charge in [-0.15, -0.1) is 0 Å². The number of pyridine rings is 1. The Balaban J connectivity index is 1.46. The second-order valence-electron chi connectivity index (χ2n) is 6.17. The Morgan fingerprint density at radius 2 is 1.88 bits per heavy atom. The van der Waals surface area contributed by atoms with Gasteiger partial charge in [0.2, 0.25) is 0 Å². The van der Waals surface area contributed by atoms with Crippen LogP contribution in [0.2, 0.25) is 0 Å². The fourth-order valence-corrected chi connectivity index (χ4v) is 3.10. The van der Waals surface area contributed by atoms with Crippen LogP contribution in [0.1, 0.15) is 0 Å². The number of anilines is 1. The van der Waals surface area contributed by atoms with Crippen LogP contribution in [-0.4, -0.2) is 51.4 Å². The van der Waals surface area contributed by atoms with Gasteiger partial charge >= 0.3 is 11.5 Å². The van der Waals surface area contributed by atoms with Gasteiger partial charge in [0.25, 0.3) is 0 Å². The van der Waals surface area contributed by atoms with Crippen molar-refractivity contribution in [3.8, 4) is 11.5 Å². The summed E-state index contributed by atoms with van der Waals surface area (Å²) in [6.07, 6.45) is 1.73. The van der Waals surface area contributed by atoms with Crippen LogP contribution >= 0.6 is 0 Å². The number of aromatic amines is 1. The number of H-pyrrole nitrogens is 1. The number of hydrogen-bond acceptors (Lipinski definition) is 5. The predicted molar refractivity (Wildman–Crippen MR) is 95.9 cm³/mol. The Morgan fingerprint density at radius 3 is 2.54 bits per heavy atom. The highest BCUT2D eigenvalue weighted by Crippen LogP contribution is 2.21. The zero-order valence-corrected chi connectivity index (χ0v) is 14.8. The zero-order chi connectivity index (χ0) is 18.4. The largest absolute Gasteiger partial charge is 0.497 e. The van der Waals surface area contributed by atoms with Crippen molar-refractivity contribution in [2.75, 3.05) is 51.3 Å². The highest BCUT2D eigenvalue weighted by atomic mass is 16.6. The zero-order valence-electron chi connectivity index (χ0n) is 14.8. The lowest BCUT2D eigenvalue weighted by molar-refractivity contribution is -0.900. The average molecular weight is 360 g/mol. The molecule has 3 rings (SSSR count). The summed E-state index contributed by atoms with van der Waals surface area (Å²) in [5.41, 5.74) is 0.124. The van der Waals surface area contributed by atoms with Gasteiger partial charge < -0.3 is 14.4 Å². The molecule has 0 unspecified atom stereocenters. The van der Waals surface area contributed by atoms with Gasteiger partial charge in [0.05, 0.1) is 18.2 Å². The lowest BCUT2D eigenvalue weighted by atomic mass is 10.3. The molecule has 1 aromatic heterocycles. The van der Waals surface area contributed by atoms with Crippen molar-refractivity contribution >= 4 is 11.5 Å². The van der Waals surface area contributed by atoms with E-state index in [-0.39, 0.29) is 10.6 Å². The molecule has 0 bridgehead atoms. The molecule has 26 heavy (non-hydrogen) atoms. The quantitative estimate of drug-likeness (QED) is 0.563. The average Bonchev–Trinajstić information content (AvgIpc) is 2.69. The highest BCUT2D eigenvalue weighted by Gasteiger charge is 2.32. The van der Waals surface area contributed by atoms with E-state index in [9.17, 15) is 10.1 Å². The molecule has 2 aromatic rings. The van der Waals surface area contributed by atoms with Crippen molar-refractivity contribution < 1.29 is 24.3 Å². The summed E-state index contributed by atoms with van der Waals surface area (Å²) in [4.78, 5) is 17.3. The molecule has 138 valence electrons. The van der Waals surface area contributed by atoms with Crippen LogP contribution in [0.3, 0.4) is 0 Å². The van der Waals surface area contributed by atoms with Gasteiger partial charge in [-0.05, 0) is 30.3 Å². The summed E-state index contributed by atoms with van der Waals surface area (Å²) in [5, 5.41) is 11.2. The number of nitrogens with one attached hydrogen (secondary N) is 2. The molecule has 0 aliphatic carbocycles. The first kappa shape index (κ1) is 17.9. The molecule has 1 aliphatic heterocycles. The van der Waals surface area contributed by atoms with Crippen LogP contribution in [0.5, 0.6) is 11.5 Å². The standard InChI is InChI=1S/C18H22N4O4/c1-25-15-4-6-16(7-5-15)26-14-13-20-9-11-21(12-10-20)18-17(22(23)24)3-2-8-19-18/h2-8H,9-14H2,1H3/p+2. The number of methoxy groups -OCH3 is 1. The maximum atomic E-state index is 11.2. The molecule has 1 aliphatic rings. The monoisotopic (exact) mass is 360 g/mol. The summed E-state index contributed by atoms with van der Waals surface area (Å²) in [6.45, 7) is 4.94. The third-order valence-corrected chi connectivity index (χ3v) is 4.58. The third-order valence-electron chi connectivity index (χ3n) is 4.58. The number of aromatic nitrogens is 1. The second-order valence-corrected chi connectivity index (χ2v) is 6.17. The van der Waals surface area contributed by atoms with Gasteiger partial charge in [-0.1, -0.05) is 0 Å². The van der Waals surface area contributed by atoms with Gasteiger partial charge in [-0.3, -0.25) is 10.1 Å². The van der Waals surface area contributed by atoms with Gasteiger partial charge in [0.1, 0.15) is 50.8 Å². The molecule has 1 aromatic carbocycles. The van der Waals surface area contributed by atoms with E-state index >= 15 is 0 Å². The number of rotatable bonds is 7. The Bertz CT molecular complexity index is 730. The molecule has 0 saturated carbocycles. The summed E-state index contributed by atoms with van der Waals surface area (Å²) in [5.74, 6) is 2.23.